The Labute approximate surface area is 206 Å². The van der Waals surface area contributed by atoms with E-state index >= 15 is 0 Å². The lowest BCUT2D eigenvalue weighted by molar-refractivity contribution is -0.142. The molecule has 8 nitrogen and oxygen atoms in total. The third-order valence-electron chi connectivity index (χ3n) is 6.24. The van der Waals surface area contributed by atoms with Gasteiger partial charge in [-0.3, -0.25) is 4.79 Å². The number of carbonyl (C=O) groups excluding carboxylic acids is 1. The normalized spacial score (nSPS) is 15.2. The zero-order valence-corrected chi connectivity index (χ0v) is 21.0. The minimum Gasteiger partial charge on any atom is -0.497 e. The van der Waals surface area contributed by atoms with Crippen molar-refractivity contribution in [2.75, 3.05) is 46.9 Å². The molecule has 0 spiro atoms. The van der Waals surface area contributed by atoms with Gasteiger partial charge in [0.05, 0.1) is 21.3 Å². The lowest BCUT2D eigenvalue weighted by atomic mass is 10.1. The predicted molar refractivity (Wildman–Crippen MR) is 135 cm³/mol. The minimum absolute atomic E-state index is 0.0132. The van der Waals surface area contributed by atoms with Crippen LogP contribution in [-0.4, -0.2) is 63.9 Å². The van der Waals surface area contributed by atoms with Gasteiger partial charge in [0.25, 0.3) is 5.91 Å². The van der Waals surface area contributed by atoms with Gasteiger partial charge >= 0.3 is 0 Å². The van der Waals surface area contributed by atoms with Crippen molar-refractivity contribution < 1.29 is 23.7 Å². The molecular formula is C27H33N3O5. The van der Waals surface area contributed by atoms with E-state index in [1.54, 1.807) is 21.3 Å². The molecule has 0 radical (unpaired) electrons. The number of nitrogens with zero attached hydrogens (tertiary/aromatic N) is 3. The molecule has 0 saturated carbocycles. The van der Waals surface area contributed by atoms with Crippen LogP contribution in [0.4, 0.5) is 5.82 Å². The van der Waals surface area contributed by atoms with E-state index in [9.17, 15) is 4.79 Å². The standard InChI is InChI=1S/C27H33N3O5/c1-29(2)26-19(15-21-22(33-4)12-13-23(34-5)25(21)28-26)17-30(27(31)24-7-6-14-35-24)16-18-8-10-20(32-3)11-9-18/h8-13,15,24H,6-7,14,16-17H2,1-5H3. The quantitative estimate of drug-likeness (QED) is 0.459. The lowest BCUT2D eigenvalue weighted by Gasteiger charge is -2.28. The van der Waals surface area contributed by atoms with Crippen molar-refractivity contribution in [3.05, 3.63) is 53.6 Å². The maximum atomic E-state index is 13.5. The number of pyridine rings is 1. The Morgan fingerprint density at radius 1 is 1.00 bits per heavy atom. The molecule has 1 atom stereocenters. The first-order valence-corrected chi connectivity index (χ1v) is 11.7. The van der Waals surface area contributed by atoms with Crippen molar-refractivity contribution in [3.8, 4) is 17.2 Å². The molecule has 2 heterocycles. The van der Waals surface area contributed by atoms with Crippen LogP contribution in [0.1, 0.15) is 24.0 Å². The van der Waals surface area contributed by atoms with Gasteiger partial charge in [-0.25, -0.2) is 4.98 Å². The van der Waals surface area contributed by atoms with E-state index < -0.39 is 6.10 Å². The minimum atomic E-state index is -0.417. The summed E-state index contributed by atoms with van der Waals surface area (Å²) >= 11 is 0. The largest absolute Gasteiger partial charge is 0.497 e. The summed E-state index contributed by atoms with van der Waals surface area (Å²) in [7, 11) is 8.79. The lowest BCUT2D eigenvalue weighted by Crippen LogP contribution is -2.38. The number of ether oxygens (including phenoxy) is 4. The van der Waals surface area contributed by atoms with Gasteiger partial charge in [-0.05, 0) is 48.7 Å². The van der Waals surface area contributed by atoms with Gasteiger partial charge in [-0.1, -0.05) is 12.1 Å². The van der Waals surface area contributed by atoms with Crippen LogP contribution in [-0.2, 0) is 22.6 Å². The molecule has 1 amide bonds. The monoisotopic (exact) mass is 479 g/mol. The zero-order valence-electron chi connectivity index (χ0n) is 21.0. The maximum absolute atomic E-state index is 13.5. The molecule has 0 bridgehead atoms. The van der Waals surface area contributed by atoms with Gasteiger partial charge < -0.3 is 28.7 Å². The van der Waals surface area contributed by atoms with Crippen LogP contribution in [0.25, 0.3) is 10.9 Å². The Bertz CT molecular complexity index is 1170. The Balaban J connectivity index is 1.76. The molecule has 186 valence electrons. The number of anilines is 1. The summed E-state index contributed by atoms with van der Waals surface area (Å²) in [6.45, 7) is 1.44. The fourth-order valence-electron chi connectivity index (χ4n) is 4.43. The molecular weight excluding hydrogens is 446 g/mol. The molecule has 1 aromatic heterocycles. The Morgan fingerprint density at radius 2 is 1.71 bits per heavy atom. The summed E-state index contributed by atoms with van der Waals surface area (Å²) in [5.41, 5.74) is 2.64. The number of benzene rings is 2. The molecule has 35 heavy (non-hydrogen) atoms. The van der Waals surface area contributed by atoms with Crippen molar-refractivity contribution in [2.24, 2.45) is 0 Å². The highest BCUT2D eigenvalue weighted by molar-refractivity contribution is 5.92. The summed E-state index contributed by atoms with van der Waals surface area (Å²) in [4.78, 5) is 22.3. The van der Waals surface area contributed by atoms with Crippen molar-refractivity contribution in [1.29, 1.82) is 0 Å². The van der Waals surface area contributed by atoms with Crippen molar-refractivity contribution in [3.63, 3.8) is 0 Å². The molecule has 2 aromatic carbocycles. The molecule has 4 rings (SSSR count). The molecule has 1 unspecified atom stereocenters. The first kappa shape index (κ1) is 24.6. The number of amides is 1. The fraction of sp³-hybridized carbons (Fsp3) is 0.407. The first-order chi connectivity index (χ1) is 16.9. The second-order valence-electron chi connectivity index (χ2n) is 8.78. The summed E-state index contributed by atoms with van der Waals surface area (Å²) in [5, 5.41) is 0.835. The van der Waals surface area contributed by atoms with E-state index in [4.69, 9.17) is 23.9 Å². The predicted octanol–water partition coefficient (Wildman–Crippen LogP) is 4.03. The van der Waals surface area contributed by atoms with Crippen LogP contribution in [0, 0.1) is 0 Å². The molecule has 0 N–H and O–H groups in total. The van der Waals surface area contributed by atoms with E-state index in [0.29, 0.717) is 36.7 Å². The summed E-state index contributed by atoms with van der Waals surface area (Å²) in [6, 6.07) is 13.5. The summed E-state index contributed by atoms with van der Waals surface area (Å²) in [5.74, 6) is 2.90. The maximum Gasteiger partial charge on any atom is 0.252 e. The van der Waals surface area contributed by atoms with E-state index in [0.717, 1.165) is 40.9 Å². The average Bonchev–Trinajstić information content (AvgIpc) is 3.42. The molecule has 3 aromatic rings. The number of hydrogen-bond acceptors (Lipinski definition) is 7. The average molecular weight is 480 g/mol. The Kier molecular flexibility index (Phi) is 7.60. The van der Waals surface area contributed by atoms with Crippen molar-refractivity contribution in [2.45, 2.75) is 32.0 Å². The summed E-state index contributed by atoms with van der Waals surface area (Å²) in [6.07, 6.45) is 1.21. The SMILES string of the molecule is COc1ccc(CN(Cc2cc3c(OC)ccc(OC)c3nc2N(C)C)C(=O)C2CCCO2)cc1. The third kappa shape index (κ3) is 5.27. The highest BCUT2D eigenvalue weighted by Crippen LogP contribution is 2.35. The molecule has 0 aliphatic carbocycles. The number of methoxy groups -OCH3 is 3. The van der Waals surface area contributed by atoms with Crippen LogP contribution in [0.5, 0.6) is 17.2 Å². The van der Waals surface area contributed by atoms with E-state index in [1.807, 2.05) is 66.4 Å². The second-order valence-corrected chi connectivity index (χ2v) is 8.78. The van der Waals surface area contributed by atoms with Gasteiger partial charge in [0.2, 0.25) is 0 Å². The van der Waals surface area contributed by atoms with Crippen LogP contribution < -0.4 is 19.1 Å². The topological polar surface area (TPSA) is 73.4 Å². The van der Waals surface area contributed by atoms with E-state index in [1.165, 1.54) is 0 Å². The molecule has 1 aliphatic heterocycles. The summed E-state index contributed by atoms with van der Waals surface area (Å²) < 4.78 is 22.2. The van der Waals surface area contributed by atoms with Gasteiger partial charge in [0, 0.05) is 44.7 Å². The van der Waals surface area contributed by atoms with Crippen molar-refractivity contribution in [1.82, 2.24) is 9.88 Å². The number of fused-ring (bicyclic) bond motifs is 1. The van der Waals surface area contributed by atoms with Gasteiger partial charge in [0.1, 0.15) is 34.7 Å². The van der Waals surface area contributed by atoms with Crippen LogP contribution in [0.2, 0.25) is 0 Å². The van der Waals surface area contributed by atoms with Crippen LogP contribution >= 0.6 is 0 Å². The van der Waals surface area contributed by atoms with E-state index in [-0.39, 0.29) is 5.91 Å². The number of carbonyl (C=O) groups is 1. The third-order valence-corrected chi connectivity index (χ3v) is 6.24. The molecule has 1 fully saturated rings. The number of hydrogen-bond donors (Lipinski definition) is 0. The van der Waals surface area contributed by atoms with Gasteiger partial charge in [-0.15, -0.1) is 0 Å². The second kappa shape index (κ2) is 10.8. The highest BCUT2D eigenvalue weighted by atomic mass is 16.5. The first-order valence-electron chi connectivity index (χ1n) is 11.7. The molecule has 8 heteroatoms. The van der Waals surface area contributed by atoms with E-state index in [2.05, 4.69) is 0 Å². The Hall–Kier alpha value is -3.52. The van der Waals surface area contributed by atoms with Crippen LogP contribution in [0.15, 0.2) is 42.5 Å². The molecule has 1 aliphatic rings. The van der Waals surface area contributed by atoms with Gasteiger partial charge in [0.15, 0.2) is 0 Å². The van der Waals surface area contributed by atoms with Crippen molar-refractivity contribution >= 4 is 22.6 Å². The zero-order chi connectivity index (χ0) is 24.9. The highest BCUT2D eigenvalue weighted by Gasteiger charge is 2.29. The Morgan fingerprint density at radius 3 is 2.31 bits per heavy atom. The van der Waals surface area contributed by atoms with Crippen LogP contribution in [0.3, 0.4) is 0 Å². The number of rotatable bonds is 9. The fourth-order valence-corrected chi connectivity index (χ4v) is 4.43. The number of aromatic nitrogens is 1. The smallest absolute Gasteiger partial charge is 0.252 e. The molecule has 1 saturated heterocycles. The van der Waals surface area contributed by atoms with Gasteiger partial charge in [-0.2, -0.15) is 0 Å².